The van der Waals surface area contributed by atoms with Gasteiger partial charge in [0.2, 0.25) is 0 Å². The first-order valence-electron chi connectivity index (χ1n) is 9.41. The van der Waals surface area contributed by atoms with E-state index in [0.29, 0.717) is 13.2 Å². The quantitative estimate of drug-likeness (QED) is 0.330. The SMILES string of the molecule is CCOc1cc(C)ccc1CNC(=NC)NCc1ccc(CN(C)C)cc1.I. The predicted molar refractivity (Wildman–Crippen MR) is 129 cm³/mol. The lowest BCUT2D eigenvalue weighted by atomic mass is 10.1. The number of ether oxygens (including phenoxy) is 1. The number of hydrogen-bond donors (Lipinski definition) is 2. The summed E-state index contributed by atoms with van der Waals surface area (Å²) in [6, 6.07) is 14.9. The Balaban J connectivity index is 0.00000392. The molecule has 5 nitrogen and oxygen atoms in total. The van der Waals surface area contributed by atoms with Crippen molar-refractivity contribution in [1.29, 1.82) is 0 Å². The van der Waals surface area contributed by atoms with Crippen LogP contribution in [0.1, 0.15) is 29.2 Å². The zero-order valence-corrected chi connectivity index (χ0v) is 19.9. The molecule has 2 aromatic carbocycles. The van der Waals surface area contributed by atoms with E-state index >= 15 is 0 Å². The average molecular weight is 496 g/mol. The zero-order valence-electron chi connectivity index (χ0n) is 17.6. The van der Waals surface area contributed by atoms with Gasteiger partial charge in [0.15, 0.2) is 5.96 Å². The number of aliphatic imine (C=N–C) groups is 1. The number of aryl methyl sites for hydroxylation is 1. The second-order valence-corrected chi connectivity index (χ2v) is 6.88. The summed E-state index contributed by atoms with van der Waals surface area (Å²) in [5.74, 6) is 1.70. The van der Waals surface area contributed by atoms with E-state index in [-0.39, 0.29) is 24.0 Å². The van der Waals surface area contributed by atoms with Crippen LogP contribution >= 0.6 is 24.0 Å². The van der Waals surface area contributed by atoms with E-state index in [2.05, 4.69) is 84.0 Å². The van der Waals surface area contributed by atoms with Crippen LogP contribution in [0.15, 0.2) is 47.5 Å². The minimum atomic E-state index is 0. The fourth-order valence-electron chi connectivity index (χ4n) is 2.81. The fraction of sp³-hybridized carbons (Fsp3) is 0.409. The summed E-state index contributed by atoms with van der Waals surface area (Å²) in [4.78, 5) is 6.48. The summed E-state index contributed by atoms with van der Waals surface area (Å²) >= 11 is 0. The first kappa shape index (κ1) is 24.2. The Morgan fingerprint density at radius 1 is 1.00 bits per heavy atom. The van der Waals surface area contributed by atoms with Gasteiger partial charge in [0.05, 0.1) is 6.61 Å². The van der Waals surface area contributed by atoms with Gasteiger partial charge in [-0.3, -0.25) is 4.99 Å². The Morgan fingerprint density at radius 2 is 1.64 bits per heavy atom. The summed E-state index contributed by atoms with van der Waals surface area (Å²) in [5, 5.41) is 6.73. The van der Waals surface area contributed by atoms with Gasteiger partial charge in [-0.2, -0.15) is 0 Å². The summed E-state index contributed by atoms with van der Waals surface area (Å²) in [5.41, 5.74) is 4.86. The van der Waals surface area contributed by atoms with E-state index in [1.54, 1.807) is 7.05 Å². The van der Waals surface area contributed by atoms with Crippen molar-refractivity contribution in [1.82, 2.24) is 15.5 Å². The highest BCUT2D eigenvalue weighted by molar-refractivity contribution is 14.0. The monoisotopic (exact) mass is 496 g/mol. The minimum absolute atomic E-state index is 0. The number of hydrogen-bond acceptors (Lipinski definition) is 3. The molecule has 0 saturated heterocycles. The van der Waals surface area contributed by atoms with Gasteiger partial charge in [-0.05, 0) is 50.7 Å². The summed E-state index contributed by atoms with van der Waals surface area (Å²) in [6.07, 6.45) is 0. The standard InChI is InChI=1S/C22H32N4O.HI/c1-6-27-21-13-17(2)7-12-20(21)15-25-22(23-3)24-14-18-8-10-19(11-9-18)16-26(4)5;/h7-13H,6,14-16H2,1-5H3,(H2,23,24,25);1H. The van der Waals surface area contributed by atoms with Crippen LogP contribution in [0.5, 0.6) is 5.75 Å². The van der Waals surface area contributed by atoms with E-state index in [0.717, 1.165) is 30.4 Å². The van der Waals surface area contributed by atoms with Gasteiger partial charge in [0.1, 0.15) is 5.75 Å². The third kappa shape index (κ3) is 8.06. The van der Waals surface area contributed by atoms with E-state index in [1.807, 2.05) is 6.92 Å². The van der Waals surface area contributed by atoms with Crippen molar-refractivity contribution in [2.45, 2.75) is 33.5 Å². The Morgan fingerprint density at radius 3 is 2.25 bits per heavy atom. The fourth-order valence-corrected chi connectivity index (χ4v) is 2.81. The molecule has 0 bridgehead atoms. The number of guanidine groups is 1. The van der Waals surface area contributed by atoms with Gasteiger partial charge in [0.25, 0.3) is 0 Å². The Bertz CT molecular complexity index is 745. The molecule has 0 aliphatic rings. The molecule has 6 heteroatoms. The summed E-state index contributed by atoms with van der Waals surface area (Å²) < 4.78 is 5.75. The molecule has 0 aromatic heterocycles. The van der Waals surface area contributed by atoms with Gasteiger partial charge in [0, 0.05) is 32.2 Å². The first-order valence-corrected chi connectivity index (χ1v) is 9.41. The van der Waals surface area contributed by atoms with Crippen LogP contribution in [0.4, 0.5) is 0 Å². The zero-order chi connectivity index (χ0) is 19.6. The highest BCUT2D eigenvalue weighted by Gasteiger charge is 2.06. The van der Waals surface area contributed by atoms with Crippen LogP contribution in [-0.2, 0) is 19.6 Å². The summed E-state index contributed by atoms with van der Waals surface area (Å²) in [7, 11) is 5.94. The molecular weight excluding hydrogens is 463 g/mol. The Hall–Kier alpha value is -1.80. The van der Waals surface area contributed by atoms with Gasteiger partial charge >= 0.3 is 0 Å². The van der Waals surface area contributed by atoms with Gasteiger partial charge < -0.3 is 20.3 Å². The number of nitrogens with zero attached hydrogens (tertiary/aromatic N) is 2. The van der Waals surface area contributed by atoms with Crippen molar-refractivity contribution in [3.63, 3.8) is 0 Å². The van der Waals surface area contributed by atoms with Gasteiger partial charge in [-0.15, -0.1) is 24.0 Å². The summed E-state index contributed by atoms with van der Waals surface area (Å²) in [6.45, 7) is 7.09. The second-order valence-electron chi connectivity index (χ2n) is 6.88. The van der Waals surface area contributed by atoms with Crippen LogP contribution in [-0.4, -0.2) is 38.6 Å². The molecule has 0 amide bonds. The van der Waals surface area contributed by atoms with Crippen molar-refractivity contribution in [2.24, 2.45) is 4.99 Å². The van der Waals surface area contributed by atoms with Crippen molar-refractivity contribution >= 4 is 29.9 Å². The molecule has 0 atom stereocenters. The van der Waals surface area contributed by atoms with Crippen LogP contribution in [0, 0.1) is 6.92 Å². The van der Waals surface area contributed by atoms with Crippen molar-refractivity contribution in [3.8, 4) is 5.75 Å². The molecule has 0 unspecified atom stereocenters. The molecule has 0 fully saturated rings. The van der Waals surface area contributed by atoms with Crippen molar-refractivity contribution in [2.75, 3.05) is 27.7 Å². The van der Waals surface area contributed by atoms with E-state index in [4.69, 9.17) is 4.74 Å². The first-order chi connectivity index (χ1) is 13.0. The van der Waals surface area contributed by atoms with Gasteiger partial charge in [-0.25, -0.2) is 0 Å². The van der Waals surface area contributed by atoms with Crippen LogP contribution in [0.2, 0.25) is 0 Å². The Labute approximate surface area is 186 Å². The van der Waals surface area contributed by atoms with Crippen LogP contribution in [0.25, 0.3) is 0 Å². The molecule has 0 heterocycles. The predicted octanol–water partition coefficient (Wildman–Crippen LogP) is 3.94. The van der Waals surface area contributed by atoms with Gasteiger partial charge in [-0.1, -0.05) is 36.4 Å². The number of rotatable bonds is 8. The lowest BCUT2D eigenvalue weighted by Gasteiger charge is -2.15. The van der Waals surface area contributed by atoms with Crippen LogP contribution in [0.3, 0.4) is 0 Å². The smallest absolute Gasteiger partial charge is 0.191 e. The molecule has 2 N–H and O–H groups in total. The topological polar surface area (TPSA) is 48.9 Å². The maximum atomic E-state index is 5.75. The molecule has 0 aliphatic carbocycles. The number of benzene rings is 2. The number of halogens is 1. The van der Waals surface area contributed by atoms with Crippen molar-refractivity contribution < 1.29 is 4.74 Å². The van der Waals surface area contributed by atoms with E-state index < -0.39 is 0 Å². The molecule has 2 aromatic rings. The normalized spacial score (nSPS) is 11.1. The third-order valence-electron chi connectivity index (χ3n) is 4.17. The lowest BCUT2D eigenvalue weighted by Crippen LogP contribution is -2.36. The highest BCUT2D eigenvalue weighted by atomic mass is 127. The molecule has 0 spiro atoms. The maximum absolute atomic E-state index is 5.75. The van der Waals surface area contributed by atoms with Crippen molar-refractivity contribution in [3.05, 3.63) is 64.7 Å². The molecular formula is C22H33IN4O. The minimum Gasteiger partial charge on any atom is -0.494 e. The maximum Gasteiger partial charge on any atom is 0.191 e. The van der Waals surface area contributed by atoms with E-state index in [9.17, 15) is 0 Å². The molecule has 2 rings (SSSR count). The molecule has 0 radical (unpaired) electrons. The third-order valence-corrected chi connectivity index (χ3v) is 4.17. The highest BCUT2D eigenvalue weighted by Crippen LogP contribution is 2.20. The second kappa shape index (κ2) is 12.6. The Kier molecular flexibility index (Phi) is 10.9. The largest absolute Gasteiger partial charge is 0.494 e. The molecule has 0 saturated carbocycles. The average Bonchev–Trinajstić information content (AvgIpc) is 2.64. The molecule has 28 heavy (non-hydrogen) atoms. The van der Waals surface area contributed by atoms with Crippen LogP contribution < -0.4 is 15.4 Å². The van der Waals surface area contributed by atoms with E-state index in [1.165, 1.54) is 16.7 Å². The lowest BCUT2D eigenvalue weighted by molar-refractivity contribution is 0.336. The number of nitrogens with one attached hydrogen (secondary N) is 2. The molecule has 154 valence electrons. The molecule has 0 aliphatic heterocycles.